The summed E-state index contributed by atoms with van der Waals surface area (Å²) in [4.78, 5) is 14.3. The highest BCUT2D eigenvalue weighted by molar-refractivity contribution is 7.98. The molecule has 3 aromatic carbocycles. The molecule has 1 atom stereocenters. The van der Waals surface area contributed by atoms with E-state index in [-0.39, 0.29) is 11.9 Å². The molecule has 4 nitrogen and oxygen atoms in total. The minimum absolute atomic E-state index is 0.105. The summed E-state index contributed by atoms with van der Waals surface area (Å²) >= 11 is 1.73. The van der Waals surface area contributed by atoms with Crippen molar-refractivity contribution in [3.8, 4) is 22.7 Å². The number of aryl methyl sites for hydroxylation is 2. The van der Waals surface area contributed by atoms with Gasteiger partial charge in [-0.3, -0.25) is 4.79 Å². The van der Waals surface area contributed by atoms with E-state index in [9.17, 15) is 4.79 Å². The molecule has 0 fully saturated rings. The van der Waals surface area contributed by atoms with Crippen molar-refractivity contribution in [2.45, 2.75) is 43.0 Å². The van der Waals surface area contributed by atoms with Crippen molar-refractivity contribution in [2.75, 3.05) is 13.4 Å². The summed E-state index contributed by atoms with van der Waals surface area (Å²) in [6.45, 7) is 0. The molecule has 1 aromatic heterocycles. The van der Waals surface area contributed by atoms with Crippen LogP contribution in [0.3, 0.4) is 0 Å². The van der Waals surface area contributed by atoms with E-state index in [2.05, 4.69) is 88.9 Å². The Bertz CT molecular complexity index is 1330. The topological polar surface area (TPSA) is 43.3 Å². The van der Waals surface area contributed by atoms with Crippen LogP contribution in [0, 0.1) is 0 Å². The first-order valence-electron chi connectivity index (χ1n) is 12.5. The van der Waals surface area contributed by atoms with Crippen LogP contribution in [0.15, 0.2) is 89.8 Å². The summed E-state index contributed by atoms with van der Waals surface area (Å²) in [6.07, 6.45) is 6.42. The van der Waals surface area contributed by atoms with Gasteiger partial charge in [-0.25, -0.2) is 0 Å². The van der Waals surface area contributed by atoms with Crippen LogP contribution in [0.25, 0.3) is 16.9 Å². The average Bonchev–Trinajstić information content (AvgIpc) is 3.36. The Balaban J connectivity index is 1.38. The monoisotopic (exact) mass is 496 g/mol. The van der Waals surface area contributed by atoms with E-state index in [1.807, 2.05) is 12.1 Å². The summed E-state index contributed by atoms with van der Waals surface area (Å²) in [5.41, 5.74) is 7.07. The van der Waals surface area contributed by atoms with Crippen molar-refractivity contribution in [3.63, 3.8) is 0 Å². The molecule has 1 aliphatic rings. The van der Waals surface area contributed by atoms with Gasteiger partial charge in [-0.15, -0.1) is 11.8 Å². The molecule has 0 unspecified atom stereocenters. The molecule has 0 saturated carbocycles. The largest absolute Gasteiger partial charge is 0.497 e. The molecule has 0 saturated heterocycles. The Labute approximate surface area is 217 Å². The number of methoxy groups -OCH3 is 1. The Kier molecular flexibility index (Phi) is 7.47. The van der Waals surface area contributed by atoms with E-state index in [1.54, 1.807) is 18.9 Å². The second-order valence-corrected chi connectivity index (χ2v) is 10.1. The third-order valence-corrected chi connectivity index (χ3v) is 7.73. The van der Waals surface area contributed by atoms with E-state index >= 15 is 0 Å². The van der Waals surface area contributed by atoms with Gasteiger partial charge < -0.3 is 14.6 Å². The van der Waals surface area contributed by atoms with Crippen LogP contribution in [0.1, 0.15) is 42.1 Å². The van der Waals surface area contributed by atoms with E-state index in [0.717, 1.165) is 47.7 Å². The molecule has 1 N–H and O–H groups in total. The maximum absolute atomic E-state index is 13.0. The highest BCUT2D eigenvalue weighted by Crippen LogP contribution is 2.31. The lowest BCUT2D eigenvalue weighted by atomic mass is 9.87. The van der Waals surface area contributed by atoms with Gasteiger partial charge in [-0.2, -0.15) is 0 Å². The molecule has 0 spiro atoms. The van der Waals surface area contributed by atoms with Gasteiger partial charge in [0.05, 0.1) is 18.8 Å². The molecule has 36 heavy (non-hydrogen) atoms. The van der Waals surface area contributed by atoms with Gasteiger partial charge in [0.2, 0.25) is 5.91 Å². The summed E-state index contributed by atoms with van der Waals surface area (Å²) in [5, 5.41) is 3.31. The lowest BCUT2D eigenvalue weighted by Gasteiger charge is -2.26. The van der Waals surface area contributed by atoms with Gasteiger partial charge in [-0.1, -0.05) is 24.3 Å². The van der Waals surface area contributed by atoms with Crippen molar-refractivity contribution in [1.82, 2.24) is 9.88 Å². The molecular formula is C31H32N2O2S. The fourth-order valence-electron chi connectivity index (χ4n) is 5.11. The van der Waals surface area contributed by atoms with Crippen molar-refractivity contribution in [1.29, 1.82) is 0 Å². The second kappa shape index (κ2) is 11.1. The summed E-state index contributed by atoms with van der Waals surface area (Å²) < 4.78 is 7.62. The number of carbonyl (C=O) groups is 1. The van der Waals surface area contributed by atoms with Crippen LogP contribution < -0.4 is 10.1 Å². The molecule has 1 heterocycles. The summed E-state index contributed by atoms with van der Waals surface area (Å²) in [6, 6.07) is 29.6. The van der Waals surface area contributed by atoms with Gasteiger partial charge in [0.25, 0.3) is 0 Å². The normalized spacial score (nSPS) is 14.8. The zero-order valence-corrected chi connectivity index (χ0v) is 21.7. The number of hydrogen-bond acceptors (Lipinski definition) is 3. The molecule has 5 heteroatoms. The van der Waals surface area contributed by atoms with E-state index in [0.29, 0.717) is 12.8 Å². The molecule has 1 amide bonds. The van der Waals surface area contributed by atoms with Gasteiger partial charge in [0.1, 0.15) is 5.75 Å². The maximum Gasteiger partial charge on any atom is 0.220 e. The number of fused-ring (bicyclic) bond motifs is 1. The van der Waals surface area contributed by atoms with Gasteiger partial charge in [0.15, 0.2) is 0 Å². The number of hydrogen-bond donors (Lipinski definition) is 1. The van der Waals surface area contributed by atoms with Gasteiger partial charge in [-0.05, 0) is 109 Å². The van der Waals surface area contributed by atoms with Crippen molar-refractivity contribution >= 4 is 17.7 Å². The summed E-state index contributed by atoms with van der Waals surface area (Å²) in [5.74, 6) is 0.940. The lowest BCUT2D eigenvalue weighted by molar-refractivity contribution is -0.121. The first-order chi connectivity index (χ1) is 17.7. The van der Waals surface area contributed by atoms with E-state index < -0.39 is 0 Å². The fraction of sp³-hybridized carbons (Fsp3) is 0.258. The first kappa shape index (κ1) is 24.3. The van der Waals surface area contributed by atoms with Crippen LogP contribution in [0.2, 0.25) is 0 Å². The molecule has 4 aromatic rings. The SMILES string of the molecule is COc1ccc(-c2ccc(CCC(=O)N[C@H]3CCCc4ccccc43)n2-c2ccc(SC)cc2)cc1. The molecule has 1 aliphatic carbocycles. The van der Waals surface area contributed by atoms with Crippen molar-refractivity contribution < 1.29 is 9.53 Å². The smallest absolute Gasteiger partial charge is 0.220 e. The highest BCUT2D eigenvalue weighted by Gasteiger charge is 2.21. The quantitative estimate of drug-likeness (QED) is 0.267. The predicted octanol–water partition coefficient (Wildman–Crippen LogP) is 7.00. The Hall–Kier alpha value is -3.44. The number of nitrogens with zero attached hydrogens (tertiary/aromatic N) is 1. The third-order valence-electron chi connectivity index (χ3n) is 6.99. The first-order valence-corrected chi connectivity index (χ1v) is 13.8. The number of benzene rings is 3. The van der Waals surface area contributed by atoms with Crippen molar-refractivity contribution in [3.05, 3.63) is 102 Å². The lowest BCUT2D eigenvalue weighted by Crippen LogP contribution is -2.31. The number of aromatic nitrogens is 1. The molecule has 5 rings (SSSR count). The van der Waals surface area contributed by atoms with Crippen LogP contribution in [0.4, 0.5) is 0 Å². The van der Waals surface area contributed by atoms with Crippen molar-refractivity contribution in [2.24, 2.45) is 0 Å². The van der Waals surface area contributed by atoms with Gasteiger partial charge in [0, 0.05) is 22.7 Å². The maximum atomic E-state index is 13.0. The molecule has 0 aliphatic heterocycles. The molecular weight excluding hydrogens is 464 g/mol. The Morgan fingerprint density at radius 3 is 2.53 bits per heavy atom. The number of amides is 1. The number of nitrogens with one attached hydrogen (secondary N) is 1. The van der Waals surface area contributed by atoms with E-state index in [4.69, 9.17) is 4.74 Å². The van der Waals surface area contributed by atoms with Crippen LogP contribution >= 0.6 is 11.8 Å². The number of rotatable bonds is 8. The average molecular weight is 497 g/mol. The molecule has 184 valence electrons. The van der Waals surface area contributed by atoms with Crippen LogP contribution in [0.5, 0.6) is 5.75 Å². The van der Waals surface area contributed by atoms with Crippen LogP contribution in [-0.2, 0) is 17.6 Å². The minimum Gasteiger partial charge on any atom is -0.497 e. The van der Waals surface area contributed by atoms with Gasteiger partial charge >= 0.3 is 0 Å². The van der Waals surface area contributed by atoms with E-state index in [1.165, 1.54) is 16.0 Å². The highest BCUT2D eigenvalue weighted by atomic mass is 32.2. The second-order valence-electron chi connectivity index (χ2n) is 9.18. The summed E-state index contributed by atoms with van der Waals surface area (Å²) in [7, 11) is 1.68. The number of ether oxygens (including phenoxy) is 1. The minimum atomic E-state index is 0.105. The van der Waals surface area contributed by atoms with Crippen LogP contribution in [-0.4, -0.2) is 23.8 Å². The Morgan fingerprint density at radius 1 is 1.00 bits per heavy atom. The third kappa shape index (κ3) is 5.21. The number of carbonyl (C=O) groups excluding carboxylic acids is 1. The predicted molar refractivity (Wildman–Crippen MR) is 148 cm³/mol. The number of thioether (sulfide) groups is 1. The molecule has 0 bridgehead atoms. The Morgan fingerprint density at radius 2 is 1.78 bits per heavy atom. The standard InChI is InChI=1S/C31H32N2O2S/c1-35-26-16-10-23(11-17-26)30-20-14-25(33(30)24-12-18-27(36-2)19-13-24)15-21-31(34)32-29-9-5-7-22-6-3-4-8-28(22)29/h3-4,6,8,10-14,16-20,29H,5,7,9,15,21H2,1-2H3,(H,32,34)/t29-/m0/s1. The fourth-order valence-corrected chi connectivity index (χ4v) is 5.52. The zero-order chi connectivity index (χ0) is 24.9. The molecule has 0 radical (unpaired) electrons. The zero-order valence-electron chi connectivity index (χ0n) is 20.9.